The first-order chi connectivity index (χ1) is 13.9. The van der Waals surface area contributed by atoms with Crippen LogP contribution in [-0.2, 0) is 5.41 Å². The first-order valence-corrected chi connectivity index (χ1v) is 10.1. The van der Waals surface area contributed by atoms with E-state index in [0.717, 1.165) is 6.42 Å². The average molecular weight is 352 g/mol. The van der Waals surface area contributed by atoms with E-state index in [1.165, 1.54) is 59.4 Å². The van der Waals surface area contributed by atoms with Gasteiger partial charge in [-0.2, -0.15) is 0 Å². The van der Waals surface area contributed by atoms with Crippen LogP contribution in [-0.4, -0.2) is 0 Å². The van der Waals surface area contributed by atoms with Gasteiger partial charge >= 0.3 is 0 Å². The van der Waals surface area contributed by atoms with Crippen LogP contribution >= 0.6 is 0 Å². The van der Waals surface area contributed by atoms with E-state index in [2.05, 4.69) is 85.0 Å². The molecule has 5 aromatic carbocycles. The predicted molar refractivity (Wildman–Crippen MR) is 120 cm³/mol. The van der Waals surface area contributed by atoms with Crippen molar-refractivity contribution < 1.29 is 0 Å². The van der Waals surface area contributed by atoms with E-state index in [1.54, 1.807) is 5.56 Å². The van der Waals surface area contributed by atoms with Gasteiger partial charge < -0.3 is 0 Å². The second kappa shape index (κ2) is 4.20. The second-order valence-electron chi connectivity index (χ2n) is 8.56. The molecule has 128 valence electrons. The van der Waals surface area contributed by atoms with E-state index in [0.29, 0.717) is 0 Å². The lowest BCUT2D eigenvalue weighted by Gasteiger charge is -2.41. The Morgan fingerprint density at radius 3 is 2.14 bits per heavy atom. The van der Waals surface area contributed by atoms with E-state index >= 15 is 0 Å². The Hall–Kier alpha value is -3.38. The molecule has 0 saturated carbocycles. The van der Waals surface area contributed by atoms with Crippen LogP contribution in [0.4, 0.5) is 0 Å². The minimum atomic E-state index is -0.0208. The van der Waals surface area contributed by atoms with Crippen molar-refractivity contribution in [2.75, 3.05) is 0 Å². The number of benzene rings is 5. The van der Waals surface area contributed by atoms with Crippen LogP contribution in [0, 0.1) is 0 Å². The van der Waals surface area contributed by atoms with E-state index in [4.69, 9.17) is 0 Å². The standard InChI is InChI=1S/C28H16/c1-2-13-28-14-12-19-9-8-17-6-4-16-5-7-18-10-11-20(15-21(28)3-1)26-24(18)22(16)23(17)25(19)27(26)28/h1-13,15H,14H2. The molecule has 1 atom stereocenters. The highest BCUT2D eigenvalue weighted by atomic mass is 14.4. The van der Waals surface area contributed by atoms with Crippen molar-refractivity contribution in [3.8, 4) is 0 Å². The van der Waals surface area contributed by atoms with Gasteiger partial charge in [0.25, 0.3) is 0 Å². The summed E-state index contributed by atoms with van der Waals surface area (Å²) in [6.07, 6.45) is 15.1. The Kier molecular flexibility index (Phi) is 2.06. The summed E-state index contributed by atoms with van der Waals surface area (Å²) in [7, 11) is 0. The summed E-state index contributed by atoms with van der Waals surface area (Å²) in [6.45, 7) is 0. The lowest BCUT2D eigenvalue weighted by molar-refractivity contribution is 0.673. The minimum Gasteiger partial charge on any atom is -0.0751 e. The van der Waals surface area contributed by atoms with Crippen LogP contribution in [0.1, 0.15) is 17.5 Å². The van der Waals surface area contributed by atoms with E-state index in [-0.39, 0.29) is 5.41 Å². The van der Waals surface area contributed by atoms with Gasteiger partial charge in [0.1, 0.15) is 0 Å². The zero-order valence-electron chi connectivity index (χ0n) is 15.3. The summed E-state index contributed by atoms with van der Waals surface area (Å²) >= 11 is 0. The normalized spacial score (nSPS) is 21.8. The summed E-state index contributed by atoms with van der Waals surface area (Å²) in [4.78, 5) is 0. The molecule has 0 aromatic heterocycles. The number of allylic oxidation sites excluding steroid dienone is 5. The first kappa shape index (κ1) is 13.7. The molecule has 0 fully saturated rings. The highest BCUT2D eigenvalue weighted by molar-refractivity contribution is 6.34. The van der Waals surface area contributed by atoms with Crippen molar-refractivity contribution in [1.82, 2.24) is 0 Å². The van der Waals surface area contributed by atoms with Crippen molar-refractivity contribution in [3.63, 3.8) is 0 Å². The minimum absolute atomic E-state index is 0.0208. The maximum Gasteiger partial charge on any atom is 0.0432 e. The molecule has 0 heteroatoms. The van der Waals surface area contributed by atoms with E-state index in [9.17, 15) is 0 Å². The van der Waals surface area contributed by atoms with Crippen LogP contribution in [0.3, 0.4) is 0 Å². The molecular weight excluding hydrogens is 336 g/mol. The summed E-state index contributed by atoms with van der Waals surface area (Å²) in [5.41, 5.74) is 4.33. The molecule has 3 aliphatic rings. The summed E-state index contributed by atoms with van der Waals surface area (Å²) < 4.78 is 0. The van der Waals surface area contributed by atoms with Crippen molar-refractivity contribution >= 4 is 55.2 Å². The largest absolute Gasteiger partial charge is 0.0751 e. The van der Waals surface area contributed by atoms with E-state index < -0.39 is 0 Å². The maximum atomic E-state index is 2.47. The molecule has 0 saturated heterocycles. The Balaban J connectivity index is 1.85. The average Bonchev–Trinajstić information content (AvgIpc) is 2.75. The fourth-order valence-corrected chi connectivity index (χ4v) is 6.24. The van der Waals surface area contributed by atoms with Crippen molar-refractivity contribution in [2.45, 2.75) is 11.8 Å². The molecule has 1 unspecified atom stereocenters. The summed E-state index contributed by atoms with van der Waals surface area (Å²) in [5.74, 6) is 0. The Morgan fingerprint density at radius 1 is 0.643 bits per heavy atom. The Bertz CT molecular complexity index is 1670. The Morgan fingerprint density at radius 2 is 1.32 bits per heavy atom. The van der Waals surface area contributed by atoms with Gasteiger partial charge in [0.15, 0.2) is 0 Å². The third-order valence-corrected chi connectivity index (χ3v) is 7.40. The van der Waals surface area contributed by atoms with Gasteiger partial charge in [-0.15, -0.1) is 0 Å². The zero-order chi connectivity index (χ0) is 18.0. The molecule has 5 aromatic rings. The number of hydrogen-bond acceptors (Lipinski definition) is 0. The van der Waals surface area contributed by atoms with Gasteiger partial charge in [-0.05, 0) is 77.5 Å². The predicted octanol–water partition coefficient (Wildman–Crippen LogP) is 6.40. The van der Waals surface area contributed by atoms with Gasteiger partial charge in [-0.25, -0.2) is 0 Å². The van der Waals surface area contributed by atoms with Crippen molar-refractivity contribution in [3.05, 3.63) is 94.8 Å². The molecule has 0 N–H and O–H groups in total. The number of hydrogen-bond donors (Lipinski definition) is 0. The zero-order valence-corrected chi connectivity index (χ0v) is 15.3. The highest BCUT2D eigenvalue weighted by Crippen LogP contribution is 2.55. The monoisotopic (exact) mass is 352 g/mol. The second-order valence-corrected chi connectivity index (χ2v) is 8.56. The van der Waals surface area contributed by atoms with E-state index in [1.807, 2.05) is 0 Å². The molecule has 0 nitrogen and oxygen atoms in total. The molecule has 28 heavy (non-hydrogen) atoms. The van der Waals surface area contributed by atoms with Gasteiger partial charge in [0.2, 0.25) is 0 Å². The van der Waals surface area contributed by atoms with Crippen LogP contribution in [0.5, 0.6) is 0 Å². The molecule has 0 heterocycles. The fraction of sp³-hybridized carbons (Fsp3) is 0.0714. The maximum absolute atomic E-state index is 2.47. The molecule has 3 aliphatic carbocycles. The fourth-order valence-electron chi connectivity index (χ4n) is 6.24. The van der Waals surface area contributed by atoms with Gasteiger partial charge in [0, 0.05) is 5.41 Å². The molecule has 0 radical (unpaired) electrons. The third kappa shape index (κ3) is 1.29. The molecule has 0 aliphatic heterocycles. The molecule has 0 bridgehead atoms. The van der Waals surface area contributed by atoms with Gasteiger partial charge in [-0.3, -0.25) is 0 Å². The smallest absolute Gasteiger partial charge is 0.0432 e. The summed E-state index contributed by atoms with van der Waals surface area (Å²) in [5, 5.41) is 12.8. The lowest BCUT2D eigenvalue weighted by atomic mass is 9.61. The van der Waals surface area contributed by atoms with Crippen LogP contribution in [0.25, 0.3) is 55.2 Å². The van der Waals surface area contributed by atoms with Crippen LogP contribution in [0.15, 0.2) is 78.4 Å². The van der Waals surface area contributed by atoms with Gasteiger partial charge in [0.05, 0.1) is 0 Å². The van der Waals surface area contributed by atoms with Crippen LogP contribution < -0.4 is 5.22 Å². The SMILES string of the molecule is C1=CC2=Cc3ccc4ccc5ccc6ccc7c8c(c3c4c5c68)C2(C=C1)CC=7. The third-order valence-electron chi connectivity index (χ3n) is 7.40. The molecule has 8 rings (SSSR count). The van der Waals surface area contributed by atoms with Gasteiger partial charge in [-0.1, -0.05) is 78.9 Å². The summed E-state index contributed by atoms with van der Waals surface area (Å²) in [6, 6.07) is 18.5. The molecule has 0 amide bonds. The molecular formula is C28H16. The van der Waals surface area contributed by atoms with Crippen molar-refractivity contribution in [1.29, 1.82) is 0 Å². The van der Waals surface area contributed by atoms with Crippen LogP contribution in [0.2, 0.25) is 0 Å². The topological polar surface area (TPSA) is 0 Å². The highest BCUT2D eigenvalue weighted by Gasteiger charge is 2.41. The first-order valence-electron chi connectivity index (χ1n) is 10.1. The lowest BCUT2D eigenvalue weighted by Crippen LogP contribution is -2.33. The Labute approximate surface area is 162 Å². The number of rotatable bonds is 0. The molecule has 1 spiro atoms. The van der Waals surface area contributed by atoms with Crippen molar-refractivity contribution in [2.24, 2.45) is 0 Å². The quantitative estimate of drug-likeness (QED) is 0.223.